The molecule has 1 aromatic heterocycles. The lowest BCUT2D eigenvalue weighted by atomic mass is 10.1. The van der Waals surface area contributed by atoms with Gasteiger partial charge in [0.2, 0.25) is 5.91 Å². The Bertz CT molecular complexity index is 779. The summed E-state index contributed by atoms with van der Waals surface area (Å²) in [6, 6.07) is 15.9. The summed E-state index contributed by atoms with van der Waals surface area (Å²) >= 11 is 1.66. The fourth-order valence-corrected chi connectivity index (χ4v) is 2.82. The van der Waals surface area contributed by atoms with Crippen molar-refractivity contribution in [3.05, 3.63) is 60.3 Å². The largest absolute Gasteiger partial charge is 0.361 e. The lowest BCUT2D eigenvalue weighted by Crippen LogP contribution is -2.14. The molecule has 1 amide bonds. The molecule has 0 aliphatic rings. The molecule has 3 nitrogen and oxygen atoms in total. The van der Waals surface area contributed by atoms with E-state index in [1.807, 2.05) is 61.0 Å². The minimum atomic E-state index is -0.00185. The Morgan fingerprint density at radius 3 is 2.90 bits per heavy atom. The van der Waals surface area contributed by atoms with E-state index >= 15 is 0 Å². The maximum atomic E-state index is 12.2. The monoisotopic (exact) mass is 296 g/mol. The molecule has 2 N–H and O–H groups in total. The van der Waals surface area contributed by atoms with E-state index in [4.69, 9.17) is 0 Å². The summed E-state index contributed by atoms with van der Waals surface area (Å²) < 4.78 is 0. The topological polar surface area (TPSA) is 44.9 Å². The number of hydrogen-bond acceptors (Lipinski definition) is 2. The first-order valence-electron chi connectivity index (χ1n) is 6.75. The summed E-state index contributed by atoms with van der Waals surface area (Å²) in [6.45, 7) is 0. The quantitative estimate of drug-likeness (QED) is 0.713. The molecule has 21 heavy (non-hydrogen) atoms. The van der Waals surface area contributed by atoms with Crippen LogP contribution in [-0.4, -0.2) is 17.1 Å². The maximum absolute atomic E-state index is 12.2. The number of aromatic amines is 1. The van der Waals surface area contributed by atoms with Gasteiger partial charge in [0.25, 0.3) is 0 Å². The normalized spacial score (nSPS) is 10.7. The van der Waals surface area contributed by atoms with Gasteiger partial charge in [-0.2, -0.15) is 0 Å². The SMILES string of the molecule is CSc1cccc(NC(=O)Cc2c[nH]c3ccccc23)c1. The molecule has 1 heterocycles. The molecular formula is C17H16N2OS. The van der Waals surface area contributed by atoms with Crippen LogP contribution in [0.25, 0.3) is 10.9 Å². The predicted octanol–water partition coefficient (Wildman–Crippen LogP) is 4.07. The third kappa shape index (κ3) is 3.11. The fraction of sp³-hybridized carbons (Fsp3) is 0.118. The summed E-state index contributed by atoms with van der Waals surface area (Å²) in [6.07, 6.45) is 4.29. The van der Waals surface area contributed by atoms with Gasteiger partial charge in [-0.25, -0.2) is 0 Å². The van der Waals surface area contributed by atoms with Crippen LogP contribution in [0.4, 0.5) is 5.69 Å². The average molecular weight is 296 g/mol. The van der Waals surface area contributed by atoms with Crippen molar-refractivity contribution in [1.82, 2.24) is 4.98 Å². The standard InChI is InChI=1S/C17H16N2OS/c1-21-14-6-4-5-13(10-14)19-17(20)9-12-11-18-16-8-3-2-7-15(12)16/h2-8,10-11,18H,9H2,1H3,(H,19,20). The van der Waals surface area contributed by atoms with E-state index in [0.29, 0.717) is 6.42 Å². The van der Waals surface area contributed by atoms with Gasteiger partial charge in [0.15, 0.2) is 0 Å². The van der Waals surface area contributed by atoms with Crippen molar-refractivity contribution >= 4 is 34.3 Å². The van der Waals surface area contributed by atoms with Gasteiger partial charge in [0, 0.05) is 27.7 Å². The Morgan fingerprint density at radius 1 is 1.19 bits per heavy atom. The van der Waals surface area contributed by atoms with Crippen molar-refractivity contribution in [3.8, 4) is 0 Å². The zero-order valence-corrected chi connectivity index (χ0v) is 12.5. The van der Waals surface area contributed by atoms with Crippen LogP contribution >= 0.6 is 11.8 Å². The highest BCUT2D eigenvalue weighted by Crippen LogP contribution is 2.21. The molecule has 0 saturated carbocycles. The average Bonchev–Trinajstić information content (AvgIpc) is 2.91. The Kier molecular flexibility index (Phi) is 3.97. The van der Waals surface area contributed by atoms with E-state index in [2.05, 4.69) is 10.3 Å². The molecule has 0 spiro atoms. The van der Waals surface area contributed by atoms with E-state index in [-0.39, 0.29) is 5.91 Å². The number of rotatable bonds is 4. The van der Waals surface area contributed by atoms with Crippen LogP contribution < -0.4 is 5.32 Å². The third-order valence-corrected chi connectivity index (χ3v) is 4.10. The third-order valence-electron chi connectivity index (χ3n) is 3.38. The van der Waals surface area contributed by atoms with Crippen molar-refractivity contribution in [2.75, 3.05) is 11.6 Å². The molecule has 0 aliphatic carbocycles. The van der Waals surface area contributed by atoms with Crippen LogP contribution in [0.5, 0.6) is 0 Å². The number of thioether (sulfide) groups is 1. The molecule has 3 aromatic rings. The van der Waals surface area contributed by atoms with E-state index in [0.717, 1.165) is 27.0 Å². The minimum Gasteiger partial charge on any atom is -0.361 e. The number of aromatic nitrogens is 1. The zero-order chi connectivity index (χ0) is 14.7. The number of carbonyl (C=O) groups is 1. The van der Waals surface area contributed by atoms with Crippen LogP contribution in [0, 0.1) is 0 Å². The van der Waals surface area contributed by atoms with Gasteiger partial charge < -0.3 is 10.3 Å². The van der Waals surface area contributed by atoms with Gasteiger partial charge >= 0.3 is 0 Å². The number of anilines is 1. The first-order chi connectivity index (χ1) is 10.3. The lowest BCUT2D eigenvalue weighted by molar-refractivity contribution is -0.115. The summed E-state index contributed by atoms with van der Waals surface area (Å²) in [5, 5.41) is 4.06. The van der Waals surface area contributed by atoms with Crippen LogP contribution in [-0.2, 0) is 11.2 Å². The molecule has 3 rings (SSSR count). The van der Waals surface area contributed by atoms with Gasteiger partial charge in [-0.3, -0.25) is 4.79 Å². The Balaban J connectivity index is 1.74. The van der Waals surface area contributed by atoms with Crippen LogP contribution in [0.15, 0.2) is 59.6 Å². The Morgan fingerprint density at radius 2 is 2.05 bits per heavy atom. The summed E-state index contributed by atoms with van der Waals surface area (Å²) in [4.78, 5) is 16.5. The number of hydrogen-bond donors (Lipinski definition) is 2. The predicted molar refractivity (Wildman–Crippen MR) is 88.9 cm³/mol. The van der Waals surface area contributed by atoms with Gasteiger partial charge in [-0.15, -0.1) is 11.8 Å². The number of carbonyl (C=O) groups excluding carboxylic acids is 1. The second-order valence-corrected chi connectivity index (χ2v) is 5.70. The van der Waals surface area contributed by atoms with Crippen molar-refractivity contribution in [1.29, 1.82) is 0 Å². The van der Waals surface area contributed by atoms with E-state index in [1.54, 1.807) is 11.8 Å². The van der Waals surface area contributed by atoms with E-state index in [1.165, 1.54) is 0 Å². The fourth-order valence-electron chi connectivity index (χ4n) is 2.36. The van der Waals surface area contributed by atoms with Gasteiger partial charge in [0.05, 0.1) is 6.42 Å². The highest BCUT2D eigenvalue weighted by molar-refractivity contribution is 7.98. The number of H-pyrrole nitrogens is 1. The second kappa shape index (κ2) is 6.06. The molecule has 0 aliphatic heterocycles. The smallest absolute Gasteiger partial charge is 0.228 e. The first kappa shape index (κ1) is 13.8. The van der Waals surface area contributed by atoms with Crippen molar-refractivity contribution < 1.29 is 4.79 Å². The van der Waals surface area contributed by atoms with Crippen molar-refractivity contribution in [2.45, 2.75) is 11.3 Å². The molecule has 0 atom stereocenters. The van der Waals surface area contributed by atoms with Crippen LogP contribution in [0.2, 0.25) is 0 Å². The molecule has 2 aromatic carbocycles. The van der Waals surface area contributed by atoms with Gasteiger partial charge in [0.1, 0.15) is 0 Å². The summed E-state index contributed by atoms with van der Waals surface area (Å²) in [5.41, 5.74) is 2.92. The highest BCUT2D eigenvalue weighted by Gasteiger charge is 2.09. The zero-order valence-electron chi connectivity index (χ0n) is 11.7. The molecule has 4 heteroatoms. The summed E-state index contributed by atoms with van der Waals surface area (Å²) in [5.74, 6) is -0.00185. The molecule has 0 radical (unpaired) electrons. The number of amides is 1. The van der Waals surface area contributed by atoms with E-state index < -0.39 is 0 Å². The highest BCUT2D eigenvalue weighted by atomic mass is 32.2. The van der Waals surface area contributed by atoms with Gasteiger partial charge in [-0.1, -0.05) is 24.3 Å². The van der Waals surface area contributed by atoms with Crippen LogP contribution in [0.3, 0.4) is 0 Å². The van der Waals surface area contributed by atoms with Crippen molar-refractivity contribution in [3.63, 3.8) is 0 Å². The molecule has 0 fully saturated rings. The molecule has 0 saturated heterocycles. The Hall–Kier alpha value is -2.20. The molecular weight excluding hydrogens is 280 g/mol. The summed E-state index contributed by atoms with van der Waals surface area (Å²) in [7, 11) is 0. The number of fused-ring (bicyclic) bond motifs is 1. The van der Waals surface area contributed by atoms with Gasteiger partial charge in [-0.05, 0) is 36.1 Å². The first-order valence-corrected chi connectivity index (χ1v) is 7.97. The van der Waals surface area contributed by atoms with E-state index in [9.17, 15) is 4.79 Å². The Labute approximate surface area is 127 Å². The number of nitrogens with one attached hydrogen (secondary N) is 2. The second-order valence-electron chi connectivity index (χ2n) is 4.82. The molecule has 0 unspecified atom stereocenters. The molecule has 0 bridgehead atoms. The van der Waals surface area contributed by atoms with Crippen molar-refractivity contribution in [2.24, 2.45) is 0 Å². The van der Waals surface area contributed by atoms with Crippen LogP contribution in [0.1, 0.15) is 5.56 Å². The maximum Gasteiger partial charge on any atom is 0.228 e. The molecule has 106 valence electrons. The number of benzene rings is 2. The lowest BCUT2D eigenvalue weighted by Gasteiger charge is -2.06. The minimum absolute atomic E-state index is 0.00185. The number of para-hydroxylation sites is 1.